The number of carbonyl (C=O) groups excluding carboxylic acids is 2. The molecule has 0 spiro atoms. The van der Waals surface area contributed by atoms with Crippen LogP contribution in [0.25, 0.3) is 0 Å². The lowest BCUT2D eigenvalue weighted by Gasteiger charge is -2.32. The number of benzene rings is 2. The Hall–Kier alpha value is -2.98. The molecule has 2 aromatic rings. The van der Waals surface area contributed by atoms with Crippen LogP contribution in [0, 0.1) is 25.6 Å². The first-order chi connectivity index (χ1) is 16.1. The van der Waals surface area contributed by atoms with Crippen LogP contribution < -0.4 is 15.4 Å². The molecule has 4 rings (SSSR count). The van der Waals surface area contributed by atoms with Crippen molar-refractivity contribution in [3.63, 3.8) is 0 Å². The summed E-state index contributed by atoms with van der Waals surface area (Å²) >= 11 is 0. The van der Waals surface area contributed by atoms with E-state index >= 15 is 0 Å². The lowest BCUT2D eigenvalue weighted by molar-refractivity contribution is -0.123. The number of piperidine rings is 1. The lowest BCUT2D eigenvalue weighted by Crippen LogP contribution is -2.44. The fourth-order valence-corrected chi connectivity index (χ4v) is 6.09. The fourth-order valence-electron chi connectivity index (χ4n) is 4.35. The Bertz CT molecular complexity index is 1250. The van der Waals surface area contributed by atoms with Gasteiger partial charge in [0, 0.05) is 24.8 Å². The van der Waals surface area contributed by atoms with Crippen LogP contribution in [-0.2, 0) is 19.6 Å². The Kier molecular flexibility index (Phi) is 6.64. The van der Waals surface area contributed by atoms with E-state index in [2.05, 4.69) is 10.6 Å². The van der Waals surface area contributed by atoms with Crippen LogP contribution in [0.4, 0.5) is 15.8 Å². The van der Waals surface area contributed by atoms with Gasteiger partial charge in [0.15, 0.2) is 6.10 Å². The van der Waals surface area contributed by atoms with Crippen LogP contribution >= 0.6 is 0 Å². The number of nitrogens with zero attached hydrogens (tertiary/aromatic N) is 1. The third-order valence-electron chi connectivity index (χ3n) is 6.29. The fraction of sp³-hybridized carbons (Fsp3) is 0.417. The molecule has 10 heteroatoms. The number of hydrogen-bond acceptors (Lipinski definition) is 5. The minimum absolute atomic E-state index is 0.0418. The van der Waals surface area contributed by atoms with Crippen LogP contribution in [0.15, 0.2) is 35.2 Å². The SMILES string of the molecule is CCC1Oc2cc(S(=O)(=O)N3CCCC(C(=O)Nc4ccc(F)cc4C)C3)c(C)cc2NC1=O. The first-order valence-corrected chi connectivity index (χ1v) is 12.7. The van der Waals surface area contributed by atoms with E-state index in [9.17, 15) is 22.4 Å². The molecule has 2 aromatic carbocycles. The molecule has 0 bridgehead atoms. The third kappa shape index (κ3) is 4.65. The van der Waals surface area contributed by atoms with Crippen molar-refractivity contribution >= 4 is 33.2 Å². The second-order valence-corrected chi connectivity index (χ2v) is 10.7. The summed E-state index contributed by atoms with van der Waals surface area (Å²) < 4.78 is 47.5. The van der Waals surface area contributed by atoms with Crippen LogP contribution in [0.5, 0.6) is 5.75 Å². The van der Waals surface area contributed by atoms with Crippen molar-refractivity contribution < 1.29 is 27.1 Å². The van der Waals surface area contributed by atoms with Gasteiger partial charge in [-0.15, -0.1) is 0 Å². The molecule has 2 N–H and O–H groups in total. The number of rotatable bonds is 5. The minimum Gasteiger partial charge on any atom is -0.478 e. The standard InChI is InChI=1S/C24H28FN3O5S/c1-4-20-24(30)27-19-11-15(3)22(12-21(19)33-20)34(31,32)28-9-5-6-16(13-28)23(29)26-18-8-7-17(25)10-14(18)2/h7-8,10-12,16,20H,4-6,9,13H2,1-3H3,(H,26,29)(H,27,30). The number of amides is 2. The highest BCUT2D eigenvalue weighted by molar-refractivity contribution is 7.89. The summed E-state index contributed by atoms with van der Waals surface area (Å²) in [6, 6.07) is 7.15. The Morgan fingerprint density at radius 3 is 2.71 bits per heavy atom. The van der Waals surface area contributed by atoms with Crippen molar-refractivity contribution in [2.75, 3.05) is 23.7 Å². The smallest absolute Gasteiger partial charge is 0.265 e. The Morgan fingerprint density at radius 1 is 1.24 bits per heavy atom. The number of fused-ring (bicyclic) bond motifs is 1. The maximum absolute atomic E-state index is 13.5. The van der Waals surface area contributed by atoms with Gasteiger partial charge in [-0.05, 0) is 68.5 Å². The summed E-state index contributed by atoms with van der Waals surface area (Å²) in [6.45, 7) is 5.51. The highest BCUT2D eigenvalue weighted by Gasteiger charge is 2.36. The zero-order valence-electron chi connectivity index (χ0n) is 19.4. The first-order valence-electron chi connectivity index (χ1n) is 11.3. The third-order valence-corrected chi connectivity index (χ3v) is 8.29. The molecule has 2 atom stereocenters. The molecule has 1 saturated heterocycles. The summed E-state index contributed by atoms with van der Waals surface area (Å²) in [5, 5.41) is 5.56. The average Bonchev–Trinajstić information content (AvgIpc) is 2.80. The van der Waals surface area contributed by atoms with E-state index in [1.807, 2.05) is 6.92 Å². The van der Waals surface area contributed by atoms with Crippen LogP contribution in [-0.4, -0.2) is 43.7 Å². The molecule has 2 heterocycles. The maximum atomic E-state index is 13.5. The van der Waals surface area contributed by atoms with Crippen molar-refractivity contribution in [2.24, 2.45) is 5.92 Å². The van der Waals surface area contributed by atoms with E-state index in [1.165, 1.54) is 28.6 Å². The van der Waals surface area contributed by atoms with E-state index in [4.69, 9.17) is 4.74 Å². The van der Waals surface area contributed by atoms with E-state index in [-0.39, 0.29) is 29.1 Å². The lowest BCUT2D eigenvalue weighted by atomic mass is 9.98. The molecule has 1 fully saturated rings. The summed E-state index contributed by atoms with van der Waals surface area (Å²) in [6.07, 6.45) is 0.865. The molecule has 0 radical (unpaired) electrons. The summed E-state index contributed by atoms with van der Waals surface area (Å²) in [5.41, 5.74) is 2.01. The number of ether oxygens (including phenoxy) is 1. The number of sulfonamides is 1. The van der Waals surface area contributed by atoms with Gasteiger partial charge in [0.05, 0.1) is 16.5 Å². The van der Waals surface area contributed by atoms with E-state index in [1.54, 1.807) is 19.9 Å². The molecule has 8 nitrogen and oxygen atoms in total. The maximum Gasteiger partial charge on any atom is 0.265 e. The highest BCUT2D eigenvalue weighted by Crippen LogP contribution is 2.36. The molecule has 34 heavy (non-hydrogen) atoms. The minimum atomic E-state index is -3.91. The van der Waals surface area contributed by atoms with Crippen molar-refractivity contribution in [2.45, 2.75) is 51.0 Å². The number of nitrogens with one attached hydrogen (secondary N) is 2. The van der Waals surface area contributed by atoms with Gasteiger partial charge in [-0.2, -0.15) is 4.31 Å². The zero-order valence-corrected chi connectivity index (χ0v) is 20.2. The number of hydrogen-bond donors (Lipinski definition) is 2. The average molecular weight is 490 g/mol. The second kappa shape index (κ2) is 9.34. The van der Waals surface area contributed by atoms with Gasteiger partial charge in [0.1, 0.15) is 11.6 Å². The molecule has 2 amide bonds. The van der Waals surface area contributed by atoms with Crippen molar-refractivity contribution in [1.29, 1.82) is 0 Å². The van der Waals surface area contributed by atoms with Crippen molar-refractivity contribution in [3.8, 4) is 5.75 Å². The molecule has 0 aromatic heterocycles. The van der Waals surface area contributed by atoms with Gasteiger partial charge in [0.25, 0.3) is 5.91 Å². The van der Waals surface area contributed by atoms with Gasteiger partial charge < -0.3 is 15.4 Å². The van der Waals surface area contributed by atoms with Gasteiger partial charge >= 0.3 is 0 Å². The van der Waals surface area contributed by atoms with E-state index in [0.717, 1.165) is 0 Å². The summed E-state index contributed by atoms with van der Waals surface area (Å²) in [4.78, 5) is 25.1. The highest BCUT2D eigenvalue weighted by atomic mass is 32.2. The Labute approximate surface area is 198 Å². The topological polar surface area (TPSA) is 105 Å². The Balaban J connectivity index is 1.55. The van der Waals surface area contributed by atoms with Crippen LogP contribution in [0.1, 0.15) is 37.3 Å². The second-order valence-electron chi connectivity index (χ2n) is 8.77. The molecule has 0 saturated carbocycles. The van der Waals surface area contributed by atoms with Crippen LogP contribution in [0.3, 0.4) is 0 Å². The van der Waals surface area contributed by atoms with Crippen molar-refractivity contribution in [3.05, 3.63) is 47.3 Å². The molecular weight excluding hydrogens is 461 g/mol. The number of aryl methyl sites for hydroxylation is 2. The van der Waals surface area contributed by atoms with E-state index in [0.29, 0.717) is 54.1 Å². The summed E-state index contributed by atoms with van der Waals surface area (Å²) in [7, 11) is -3.91. The monoisotopic (exact) mass is 489 g/mol. The van der Waals surface area contributed by atoms with Crippen LogP contribution in [0.2, 0.25) is 0 Å². The molecule has 182 valence electrons. The Morgan fingerprint density at radius 2 is 2.00 bits per heavy atom. The predicted octanol–water partition coefficient (Wildman–Crippen LogP) is 3.59. The number of halogens is 1. The molecular formula is C24H28FN3O5S. The number of anilines is 2. The van der Waals surface area contributed by atoms with E-state index < -0.39 is 22.0 Å². The van der Waals surface area contributed by atoms with Crippen molar-refractivity contribution in [1.82, 2.24) is 4.31 Å². The van der Waals surface area contributed by atoms with Gasteiger partial charge in [0.2, 0.25) is 15.9 Å². The van der Waals surface area contributed by atoms with Gasteiger partial charge in [-0.3, -0.25) is 9.59 Å². The van der Waals surface area contributed by atoms with Gasteiger partial charge in [-0.1, -0.05) is 6.92 Å². The zero-order chi connectivity index (χ0) is 24.6. The predicted molar refractivity (Wildman–Crippen MR) is 126 cm³/mol. The normalized spacial score (nSPS) is 20.8. The molecule has 2 aliphatic heterocycles. The number of carbonyl (C=O) groups is 2. The molecule has 2 aliphatic rings. The van der Waals surface area contributed by atoms with Gasteiger partial charge in [-0.25, -0.2) is 12.8 Å². The largest absolute Gasteiger partial charge is 0.478 e. The molecule has 0 aliphatic carbocycles. The summed E-state index contributed by atoms with van der Waals surface area (Å²) in [5.74, 6) is -1.17. The quantitative estimate of drug-likeness (QED) is 0.668. The first kappa shape index (κ1) is 24.2. The molecule has 2 unspecified atom stereocenters.